The molecule has 154 valence electrons. The summed E-state index contributed by atoms with van der Waals surface area (Å²) < 4.78 is 42.4. The van der Waals surface area contributed by atoms with Crippen LogP contribution in [0.5, 0.6) is 0 Å². The summed E-state index contributed by atoms with van der Waals surface area (Å²) in [7, 11) is -1.26. The fourth-order valence-electron chi connectivity index (χ4n) is 2.97. The van der Waals surface area contributed by atoms with Crippen molar-refractivity contribution >= 4 is 22.1 Å². The van der Waals surface area contributed by atoms with Crippen molar-refractivity contribution in [3.8, 4) is 0 Å². The summed E-state index contributed by atoms with van der Waals surface area (Å²) in [5.74, 6) is -0.590. The molecule has 0 aromatic heterocycles. The topological polar surface area (TPSA) is 108 Å². The second-order valence-corrected chi connectivity index (χ2v) is 8.21. The number of sulfonamides is 1. The van der Waals surface area contributed by atoms with Gasteiger partial charge in [-0.25, -0.2) is 22.7 Å². The van der Waals surface area contributed by atoms with Crippen molar-refractivity contribution < 1.29 is 32.2 Å². The molecule has 1 aliphatic carbocycles. The highest BCUT2D eigenvalue weighted by atomic mass is 32.2. The molecule has 0 amide bonds. The maximum absolute atomic E-state index is 12.6. The summed E-state index contributed by atoms with van der Waals surface area (Å²) in [6.45, 7) is 1.88. The van der Waals surface area contributed by atoms with E-state index in [1.807, 2.05) is 6.92 Å². The third kappa shape index (κ3) is 5.80. The number of carbonyl (C=O) groups excluding carboxylic acids is 2. The Kier molecular flexibility index (Phi) is 7.59. The molecule has 0 aliphatic heterocycles. The van der Waals surface area contributed by atoms with Gasteiger partial charge in [0, 0.05) is 6.04 Å². The summed E-state index contributed by atoms with van der Waals surface area (Å²) >= 11 is 0. The molecule has 0 heterocycles. The van der Waals surface area contributed by atoms with Crippen LogP contribution in [-0.4, -0.2) is 46.9 Å². The average Bonchev–Trinajstić information content (AvgIpc) is 2.66. The highest BCUT2D eigenvalue weighted by molar-refractivity contribution is 7.89. The number of benzene rings is 1. The minimum absolute atomic E-state index is 0.188. The maximum atomic E-state index is 12.6. The second kappa shape index (κ2) is 9.70. The Morgan fingerprint density at radius 1 is 1.04 bits per heavy atom. The number of esters is 1. The maximum Gasteiger partial charge on any atom is 0.508 e. The Bertz CT molecular complexity index is 830. The summed E-state index contributed by atoms with van der Waals surface area (Å²) in [4.78, 5) is 23.7. The molecule has 1 aromatic carbocycles. The minimum Gasteiger partial charge on any atom is -0.466 e. The van der Waals surface area contributed by atoms with E-state index in [2.05, 4.69) is 9.46 Å². The lowest BCUT2D eigenvalue weighted by Gasteiger charge is -2.25. The first kappa shape index (κ1) is 21.9. The third-order valence-electron chi connectivity index (χ3n) is 4.48. The van der Waals surface area contributed by atoms with Gasteiger partial charge in [-0.05, 0) is 44.7 Å². The zero-order valence-corrected chi connectivity index (χ0v) is 17.0. The molecular formula is C19H25NO7S. The van der Waals surface area contributed by atoms with Crippen molar-refractivity contribution in [2.24, 2.45) is 0 Å². The van der Waals surface area contributed by atoms with Crippen molar-refractivity contribution in [2.45, 2.75) is 49.6 Å². The first-order valence-electron chi connectivity index (χ1n) is 8.88. The Labute approximate surface area is 164 Å². The Balaban J connectivity index is 2.15. The molecule has 0 fully saturated rings. The van der Waals surface area contributed by atoms with Crippen molar-refractivity contribution in [3.05, 3.63) is 41.5 Å². The molecule has 0 spiro atoms. The average molecular weight is 411 g/mol. The molecule has 2 atom stereocenters. The number of hydrogen-bond donors (Lipinski definition) is 1. The lowest BCUT2D eigenvalue weighted by molar-refractivity contribution is -0.137. The monoisotopic (exact) mass is 411 g/mol. The number of aryl methyl sites for hydroxylation is 1. The molecule has 0 bridgehead atoms. The number of carbonyl (C=O) groups is 2. The molecule has 0 saturated carbocycles. The standard InChI is InChI=1S/C19H25NO7S/c1-13-7-10-15(11-8-13)28(23,24)20-14-5-4-6-16(18(21)25-2)17(12-9-14)27-19(22)26-3/h6-8,10-11,14,17,20H,4-5,9,12H2,1-3H3/b16-6+/t14-,17-/m1/s1. The van der Waals surface area contributed by atoms with Crippen molar-refractivity contribution in [3.63, 3.8) is 0 Å². The van der Waals surface area contributed by atoms with E-state index < -0.39 is 28.3 Å². The van der Waals surface area contributed by atoms with Crippen molar-refractivity contribution in [1.82, 2.24) is 4.72 Å². The van der Waals surface area contributed by atoms with Gasteiger partial charge in [0.25, 0.3) is 0 Å². The number of allylic oxidation sites excluding steroid dienone is 1. The number of ether oxygens (including phenoxy) is 3. The van der Waals surface area contributed by atoms with E-state index >= 15 is 0 Å². The Morgan fingerprint density at radius 2 is 1.71 bits per heavy atom. The lowest BCUT2D eigenvalue weighted by Crippen LogP contribution is -2.37. The first-order chi connectivity index (χ1) is 13.3. The van der Waals surface area contributed by atoms with Crippen LogP contribution < -0.4 is 4.72 Å². The zero-order chi connectivity index (χ0) is 20.7. The second-order valence-electron chi connectivity index (χ2n) is 6.50. The van der Waals surface area contributed by atoms with Gasteiger partial charge >= 0.3 is 12.1 Å². The molecule has 8 nitrogen and oxygen atoms in total. The molecule has 9 heteroatoms. The van der Waals surface area contributed by atoms with E-state index in [0.29, 0.717) is 19.3 Å². The van der Waals surface area contributed by atoms with Crippen LogP contribution in [0.3, 0.4) is 0 Å². The molecule has 28 heavy (non-hydrogen) atoms. The summed E-state index contributed by atoms with van der Waals surface area (Å²) in [6, 6.07) is 6.21. The van der Waals surface area contributed by atoms with Gasteiger partial charge in [0.15, 0.2) is 0 Å². The molecule has 0 saturated heterocycles. The fraction of sp³-hybridized carbons (Fsp3) is 0.474. The Morgan fingerprint density at radius 3 is 2.32 bits per heavy atom. The van der Waals surface area contributed by atoms with Crippen LogP contribution in [0.25, 0.3) is 0 Å². The Hall–Kier alpha value is -2.39. The van der Waals surface area contributed by atoms with Crippen LogP contribution in [0.15, 0.2) is 40.8 Å². The number of nitrogens with one attached hydrogen (secondary N) is 1. The quantitative estimate of drug-likeness (QED) is 0.742. The van der Waals surface area contributed by atoms with E-state index in [1.54, 1.807) is 30.3 Å². The number of methoxy groups -OCH3 is 2. The summed E-state index contributed by atoms with van der Waals surface area (Å²) in [6.07, 6.45) is 1.37. The number of rotatable bonds is 5. The van der Waals surface area contributed by atoms with Crippen LogP contribution in [-0.2, 0) is 29.0 Å². The predicted octanol–water partition coefficient (Wildman–Crippen LogP) is 2.47. The third-order valence-corrected chi connectivity index (χ3v) is 6.02. The normalized spacial score (nSPS) is 22.2. The van der Waals surface area contributed by atoms with Gasteiger partial charge in [-0.1, -0.05) is 23.8 Å². The van der Waals surface area contributed by atoms with Gasteiger partial charge in [0.2, 0.25) is 10.0 Å². The van der Waals surface area contributed by atoms with E-state index in [-0.39, 0.29) is 22.9 Å². The van der Waals surface area contributed by atoms with Crippen LogP contribution in [0.1, 0.15) is 31.2 Å². The fourth-order valence-corrected chi connectivity index (χ4v) is 4.27. The predicted molar refractivity (Wildman–Crippen MR) is 101 cm³/mol. The molecule has 0 unspecified atom stereocenters. The van der Waals surface area contributed by atoms with Gasteiger partial charge in [-0.15, -0.1) is 0 Å². The lowest BCUT2D eigenvalue weighted by atomic mass is 9.94. The van der Waals surface area contributed by atoms with Gasteiger partial charge in [0.05, 0.1) is 24.7 Å². The zero-order valence-electron chi connectivity index (χ0n) is 16.1. The smallest absolute Gasteiger partial charge is 0.466 e. The first-order valence-corrected chi connectivity index (χ1v) is 10.4. The van der Waals surface area contributed by atoms with Crippen LogP contribution >= 0.6 is 0 Å². The molecule has 2 rings (SSSR count). The van der Waals surface area contributed by atoms with Crippen LogP contribution in [0, 0.1) is 6.92 Å². The summed E-state index contributed by atoms with van der Waals surface area (Å²) in [5.41, 5.74) is 1.20. The van der Waals surface area contributed by atoms with E-state index in [1.165, 1.54) is 14.2 Å². The van der Waals surface area contributed by atoms with Crippen LogP contribution in [0.4, 0.5) is 4.79 Å². The molecular weight excluding hydrogens is 386 g/mol. The molecule has 1 aromatic rings. The highest BCUT2D eigenvalue weighted by Crippen LogP contribution is 2.24. The SMILES string of the molecule is COC(=O)O[C@@H]1CC[C@H](NS(=O)(=O)c2ccc(C)cc2)CC/C=C\1C(=O)OC. The number of hydrogen-bond acceptors (Lipinski definition) is 7. The molecule has 1 N–H and O–H groups in total. The van der Waals surface area contributed by atoms with Gasteiger partial charge in [-0.3, -0.25) is 0 Å². The highest BCUT2D eigenvalue weighted by Gasteiger charge is 2.30. The van der Waals surface area contributed by atoms with E-state index in [4.69, 9.17) is 9.47 Å². The van der Waals surface area contributed by atoms with E-state index in [0.717, 1.165) is 5.56 Å². The van der Waals surface area contributed by atoms with Crippen molar-refractivity contribution in [2.75, 3.05) is 14.2 Å². The van der Waals surface area contributed by atoms with Crippen LogP contribution in [0.2, 0.25) is 0 Å². The minimum atomic E-state index is -3.68. The van der Waals surface area contributed by atoms with Gasteiger partial charge < -0.3 is 14.2 Å². The van der Waals surface area contributed by atoms with Crippen molar-refractivity contribution in [1.29, 1.82) is 0 Å². The molecule has 0 radical (unpaired) electrons. The van der Waals surface area contributed by atoms with E-state index in [9.17, 15) is 18.0 Å². The van der Waals surface area contributed by atoms with Gasteiger partial charge in [0.1, 0.15) is 6.10 Å². The molecule has 1 aliphatic rings. The largest absolute Gasteiger partial charge is 0.508 e. The summed E-state index contributed by atoms with van der Waals surface area (Å²) in [5, 5.41) is 0. The van der Waals surface area contributed by atoms with Gasteiger partial charge in [-0.2, -0.15) is 0 Å².